The molecule has 9 N–H and O–H groups in total. The Kier molecular flexibility index (Phi) is 9.90. The van der Waals surface area contributed by atoms with Gasteiger partial charge in [-0.25, -0.2) is 9.59 Å². The number of carbonyl (C=O) groups is 5. The van der Waals surface area contributed by atoms with E-state index in [9.17, 15) is 49.5 Å². The molecule has 0 aromatic heterocycles. The number of aliphatic carboxylic acids is 2. The van der Waals surface area contributed by atoms with Gasteiger partial charge in [0.25, 0.3) is 11.2 Å². The van der Waals surface area contributed by atoms with E-state index in [1.165, 1.54) is 36.4 Å². The molecule has 12 heteroatoms. The Labute approximate surface area is 221 Å². The van der Waals surface area contributed by atoms with Crippen LogP contribution in [0.1, 0.15) is 32.3 Å². The predicted molar refractivity (Wildman–Crippen MR) is 135 cm³/mol. The van der Waals surface area contributed by atoms with E-state index in [4.69, 9.17) is 11.5 Å². The monoisotopic (exact) mass is 538 g/mol. The molecule has 204 valence electrons. The fourth-order valence-corrected chi connectivity index (χ4v) is 3.46. The summed E-state index contributed by atoms with van der Waals surface area (Å²) in [6.45, 7) is 0. The molecule has 4 atom stereocenters. The lowest BCUT2D eigenvalue weighted by Crippen LogP contribution is -2.71. The molecule has 0 heterocycles. The lowest BCUT2D eigenvalue weighted by atomic mass is 9.73. The van der Waals surface area contributed by atoms with E-state index in [0.717, 1.165) is 24.3 Å². The van der Waals surface area contributed by atoms with Gasteiger partial charge in [-0.2, -0.15) is 0 Å². The second kappa shape index (κ2) is 12.7. The van der Waals surface area contributed by atoms with E-state index in [1.807, 2.05) is 6.07 Å². The number of Topliss-reactive ketones (excluding diaryl/α,β-unsaturated/α-hetero) is 2. The van der Waals surface area contributed by atoms with Crippen LogP contribution in [-0.4, -0.2) is 72.3 Å². The van der Waals surface area contributed by atoms with Crippen LogP contribution in [0.2, 0.25) is 0 Å². The van der Waals surface area contributed by atoms with Crippen molar-refractivity contribution in [1.29, 1.82) is 0 Å². The molecule has 0 radical (unpaired) electrons. The average molecular weight is 539 g/mol. The number of primary amides is 1. The summed E-state index contributed by atoms with van der Waals surface area (Å²) in [6, 6.07) is 20.9. The minimum absolute atomic E-state index is 0.391. The number of nitrogens with two attached hydrogens (primary N) is 2. The van der Waals surface area contributed by atoms with E-state index in [1.54, 1.807) is 24.3 Å². The van der Waals surface area contributed by atoms with Crippen LogP contribution in [-0.2, 0) is 14.4 Å². The quantitative estimate of drug-likeness (QED) is 0.133. The maximum atomic E-state index is 12.6. The standard InChI is InChI=1S/C18H14O8.C9H12N2O2/c19-13(11-7-3-1-4-8-11)17(25,15(21)22)18(26,16(23)24)14(20)12-9-5-2-6-10-12;10-7(8(12)9(11)13)6-4-2-1-3-5-6/h1-10,25-26H,(H,21,22)(H,23,24);1-5,7-8,12H,10H2,(H2,11,13)/t;7-,8+/m.0/s1. The number of hydrogen-bond acceptors (Lipinski definition) is 9. The smallest absolute Gasteiger partial charge is 0.348 e. The highest BCUT2D eigenvalue weighted by atomic mass is 16.5. The van der Waals surface area contributed by atoms with Crippen molar-refractivity contribution >= 4 is 29.4 Å². The number of amides is 1. The Bertz CT molecular complexity index is 1260. The van der Waals surface area contributed by atoms with Crippen LogP contribution in [0.25, 0.3) is 0 Å². The number of carboxylic acids is 2. The molecule has 0 saturated carbocycles. The van der Waals surface area contributed by atoms with Gasteiger partial charge in [-0.15, -0.1) is 0 Å². The van der Waals surface area contributed by atoms with Gasteiger partial charge < -0.3 is 37.0 Å². The van der Waals surface area contributed by atoms with Gasteiger partial charge in [0.2, 0.25) is 17.5 Å². The van der Waals surface area contributed by atoms with Crippen molar-refractivity contribution in [3.05, 3.63) is 108 Å². The first-order valence-corrected chi connectivity index (χ1v) is 11.2. The summed E-state index contributed by atoms with van der Waals surface area (Å²) < 4.78 is 0. The Hall–Kier alpha value is -4.75. The molecular formula is C27H26N2O10. The van der Waals surface area contributed by atoms with Crippen molar-refractivity contribution in [2.45, 2.75) is 23.3 Å². The zero-order valence-corrected chi connectivity index (χ0v) is 20.2. The highest BCUT2D eigenvalue weighted by Crippen LogP contribution is 2.31. The Morgan fingerprint density at radius 1 is 0.615 bits per heavy atom. The number of hydrogen-bond donors (Lipinski definition) is 7. The molecular weight excluding hydrogens is 512 g/mol. The zero-order chi connectivity index (χ0) is 29.4. The van der Waals surface area contributed by atoms with E-state index >= 15 is 0 Å². The molecule has 12 nitrogen and oxygen atoms in total. The molecule has 1 amide bonds. The normalized spacial score (nSPS) is 15.2. The van der Waals surface area contributed by atoms with Crippen molar-refractivity contribution in [2.75, 3.05) is 0 Å². The van der Waals surface area contributed by atoms with Gasteiger partial charge in [-0.1, -0.05) is 91.0 Å². The summed E-state index contributed by atoms with van der Waals surface area (Å²) in [5.41, 5.74) is 2.50. The van der Waals surface area contributed by atoms with Crippen molar-refractivity contribution in [3.8, 4) is 0 Å². The van der Waals surface area contributed by atoms with Crippen molar-refractivity contribution < 1.29 is 49.5 Å². The number of rotatable bonds is 10. The van der Waals surface area contributed by atoms with Crippen LogP contribution >= 0.6 is 0 Å². The minimum Gasteiger partial charge on any atom is -0.479 e. The highest BCUT2D eigenvalue weighted by molar-refractivity contribution is 6.28. The van der Waals surface area contributed by atoms with Gasteiger partial charge in [-0.3, -0.25) is 14.4 Å². The number of ketones is 2. The van der Waals surface area contributed by atoms with Crippen LogP contribution < -0.4 is 11.5 Å². The maximum absolute atomic E-state index is 12.6. The van der Waals surface area contributed by atoms with Crippen molar-refractivity contribution in [1.82, 2.24) is 0 Å². The van der Waals surface area contributed by atoms with Gasteiger partial charge in [0.05, 0.1) is 6.04 Å². The number of aliphatic hydroxyl groups excluding tert-OH is 1. The van der Waals surface area contributed by atoms with Gasteiger partial charge in [0.1, 0.15) is 0 Å². The summed E-state index contributed by atoms with van der Waals surface area (Å²) in [5.74, 6) is -8.84. The van der Waals surface area contributed by atoms with E-state index in [2.05, 4.69) is 0 Å². The fourth-order valence-electron chi connectivity index (χ4n) is 3.46. The Morgan fingerprint density at radius 2 is 0.923 bits per heavy atom. The second-order valence-corrected chi connectivity index (χ2v) is 8.21. The molecule has 3 aromatic rings. The first-order valence-electron chi connectivity index (χ1n) is 11.2. The van der Waals surface area contributed by atoms with Crippen LogP contribution in [0.15, 0.2) is 91.0 Å². The predicted octanol–water partition coefficient (Wildman–Crippen LogP) is -0.0838. The van der Waals surface area contributed by atoms with E-state index in [-0.39, 0.29) is 0 Å². The van der Waals surface area contributed by atoms with Crippen LogP contribution in [0.5, 0.6) is 0 Å². The van der Waals surface area contributed by atoms with Crippen molar-refractivity contribution in [3.63, 3.8) is 0 Å². The second-order valence-electron chi connectivity index (χ2n) is 8.21. The largest absolute Gasteiger partial charge is 0.479 e. The summed E-state index contributed by atoms with van der Waals surface area (Å²) in [6.07, 6.45) is -1.33. The maximum Gasteiger partial charge on any atom is 0.348 e. The minimum atomic E-state index is -3.95. The Balaban J connectivity index is 0.000000344. The third-order valence-corrected chi connectivity index (χ3v) is 5.69. The first kappa shape index (κ1) is 30.5. The molecule has 2 unspecified atom stereocenters. The zero-order valence-electron chi connectivity index (χ0n) is 20.2. The number of benzene rings is 3. The molecule has 0 spiro atoms. The lowest BCUT2D eigenvalue weighted by Gasteiger charge is -2.34. The van der Waals surface area contributed by atoms with Crippen LogP contribution in [0, 0.1) is 0 Å². The van der Waals surface area contributed by atoms with Gasteiger partial charge in [0, 0.05) is 11.1 Å². The summed E-state index contributed by atoms with van der Waals surface area (Å²) >= 11 is 0. The topological polar surface area (TPSA) is 239 Å². The van der Waals surface area contributed by atoms with Crippen LogP contribution in [0.4, 0.5) is 0 Å². The molecule has 0 fully saturated rings. The van der Waals surface area contributed by atoms with Gasteiger partial charge in [-0.05, 0) is 5.56 Å². The fraction of sp³-hybridized carbons (Fsp3) is 0.148. The third-order valence-electron chi connectivity index (χ3n) is 5.69. The summed E-state index contributed by atoms with van der Waals surface area (Å²) in [4.78, 5) is 59.1. The van der Waals surface area contributed by atoms with E-state index in [0.29, 0.717) is 5.56 Å². The summed E-state index contributed by atoms with van der Waals surface area (Å²) in [7, 11) is 0. The third kappa shape index (κ3) is 6.22. The number of carbonyl (C=O) groups excluding carboxylic acids is 3. The van der Waals surface area contributed by atoms with Crippen molar-refractivity contribution in [2.24, 2.45) is 11.5 Å². The molecule has 0 aliphatic heterocycles. The molecule has 39 heavy (non-hydrogen) atoms. The Morgan fingerprint density at radius 3 is 1.21 bits per heavy atom. The SMILES string of the molecule is NC(=O)[C@H](O)[C@@H](N)c1ccccc1.O=C(O)C(O)(C(=O)c1ccccc1)C(O)(C(=O)O)C(=O)c1ccccc1. The molecule has 0 bridgehead atoms. The highest BCUT2D eigenvalue weighted by Gasteiger charge is 2.69. The van der Waals surface area contributed by atoms with Crippen LogP contribution in [0.3, 0.4) is 0 Å². The molecule has 3 rings (SSSR count). The van der Waals surface area contributed by atoms with Gasteiger partial charge in [0.15, 0.2) is 6.10 Å². The van der Waals surface area contributed by atoms with E-state index < -0.39 is 63.9 Å². The first-order chi connectivity index (χ1) is 18.3. The number of aliphatic hydroxyl groups is 3. The van der Waals surface area contributed by atoms with Gasteiger partial charge >= 0.3 is 11.9 Å². The molecule has 3 aromatic carbocycles. The lowest BCUT2D eigenvalue weighted by molar-refractivity contribution is -0.187. The average Bonchev–Trinajstić information content (AvgIpc) is 2.96. The molecule has 0 saturated heterocycles. The number of carboxylic acid groups (broad SMARTS) is 2. The summed E-state index contributed by atoms with van der Waals surface area (Å²) in [5, 5.41) is 49.1. The molecule has 0 aliphatic rings. The molecule has 0 aliphatic carbocycles.